The number of rotatable bonds is 6. The first-order valence-corrected chi connectivity index (χ1v) is 8.88. The smallest absolute Gasteiger partial charge is 0.251 e. The van der Waals surface area contributed by atoms with Crippen LogP contribution >= 0.6 is 0 Å². The molecule has 0 atom stereocenters. The number of hydrogen-bond donors (Lipinski definition) is 2. The zero-order valence-corrected chi connectivity index (χ0v) is 16.0. The van der Waals surface area contributed by atoms with Gasteiger partial charge in [-0.05, 0) is 56.7 Å². The normalized spacial score (nSPS) is 10.4. The van der Waals surface area contributed by atoms with E-state index in [-0.39, 0.29) is 5.91 Å². The van der Waals surface area contributed by atoms with Crippen LogP contribution in [0.5, 0.6) is 0 Å². The molecule has 8 heteroatoms. The number of aromatic nitrogens is 4. The summed E-state index contributed by atoms with van der Waals surface area (Å²) >= 11 is 0. The second-order valence-electron chi connectivity index (χ2n) is 6.36. The number of hydrogen-bond acceptors (Lipinski definition) is 6. The molecule has 0 aliphatic heterocycles. The van der Waals surface area contributed by atoms with Crippen LogP contribution in [-0.2, 0) is 0 Å². The highest BCUT2D eigenvalue weighted by Crippen LogP contribution is 2.15. The third-order valence-electron chi connectivity index (χ3n) is 4.49. The van der Waals surface area contributed by atoms with Crippen molar-refractivity contribution in [2.75, 3.05) is 18.4 Å². The maximum atomic E-state index is 12.1. The summed E-state index contributed by atoms with van der Waals surface area (Å²) in [4.78, 5) is 12.1. The number of carbonyl (C=O) groups excluding carboxylic acids is 1. The number of amides is 1. The van der Waals surface area contributed by atoms with E-state index in [9.17, 15) is 4.79 Å². The number of carbonyl (C=O) groups is 1. The third kappa shape index (κ3) is 4.15. The van der Waals surface area contributed by atoms with Gasteiger partial charge in [0.05, 0.1) is 17.3 Å². The summed E-state index contributed by atoms with van der Waals surface area (Å²) in [6.45, 7) is 6.90. The number of aryl methyl sites for hydroxylation is 1. The van der Waals surface area contributed by atoms with Crippen molar-refractivity contribution < 1.29 is 4.79 Å². The minimum Gasteiger partial charge on any atom is -0.367 e. The molecule has 0 unspecified atom stereocenters. The lowest BCUT2D eigenvalue weighted by molar-refractivity contribution is 0.0955. The molecule has 8 nitrogen and oxygen atoms in total. The standard InChI is InChI=1S/C20H21N7O/c1-13-14(2)26-27(15(13)3)19-8-7-18(24-25-19)22-9-10-23-20(28)17-6-4-5-16(11-17)12-21/h4-8,11H,9-10H2,1-3H3,(H,22,24)(H,23,28). The minimum atomic E-state index is -0.222. The van der Waals surface area contributed by atoms with Gasteiger partial charge in [0.25, 0.3) is 5.91 Å². The van der Waals surface area contributed by atoms with Gasteiger partial charge in [-0.1, -0.05) is 6.07 Å². The fourth-order valence-corrected chi connectivity index (χ4v) is 2.67. The second kappa shape index (κ2) is 8.31. The third-order valence-corrected chi connectivity index (χ3v) is 4.49. The summed E-state index contributed by atoms with van der Waals surface area (Å²) in [6, 6.07) is 12.3. The van der Waals surface area contributed by atoms with Gasteiger partial charge in [0, 0.05) is 24.3 Å². The molecule has 0 saturated carbocycles. The molecule has 3 aromatic rings. The van der Waals surface area contributed by atoms with E-state index in [1.54, 1.807) is 28.9 Å². The van der Waals surface area contributed by atoms with Gasteiger partial charge < -0.3 is 10.6 Å². The first kappa shape index (κ1) is 19.0. The van der Waals surface area contributed by atoms with Gasteiger partial charge in [-0.15, -0.1) is 10.2 Å². The average Bonchev–Trinajstić information content (AvgIpc) is 2.99. The maximum absolute atomic E-state index is 12.1. The molecule has 0 saturated heterocycles. The van der Waals surface area contributed by atoms with E-state index in [1.165, 1.54) is 0 Å². The van der Waals surface area contributed by atoms with E-state index in [0.29, 0.717) is 35.9 Å². The molecule has 2 N–H and O–H groups in total. The number of anilines is 1. The maximum Gasteiger partial charge on any atom is 0.251 e. The van der Waals surface area contributed by atoms with Gasteiger partial charge >= 0.3 is 0 Å². The van der Waals surface area contributed by atoms with Crippen molar-refractivity contribution >= 4 is 11.7 Å². The Bertz CT molecular complexity index is 1030. The van der Waals surface area contributed by atoms with E-state index in [0.717, 1.165) is 17.0 Å². The van der Waals surface area contributed by atoms with Crippen LogP contribution in [0.1, 0.15) is 32.9 Å². The Hall–Kier alpha value is -3.73. The molecule has 1 aromatic carbocycles. The number of nitrogens with one attached hydrogen (secondary N) is 2. The van der Waals surface area contributed by atoms with Crippen molar-refractivity contribution in [3.63, 3.8) is 0 Å². The molecule has 0 fully saturated rings. The number of nitriles is 1. The zero-order valence-electron chi connectivity index (χ0n) is 16.0. The quantitative estimate of drug-likeness (QED) is 0.640. The Balaban J connectivity index is 1.52. The van der Waals surface area contributed by atoms with E-state index >= 15 is 0 Å². The summed E-state index contributed by atoms with van der Waals surface area (Å²) in [5.74, 6) is 1.05. The molecule has 0 aliphatic carbocycles. The molecule has 2 heterocycles. The molecule has 0 aliphatic rings. The van der Waals surface area contributed by atoms with Crippen LogP contribution in [0.4, 0.5) is 5.82 Å². The topological polar surface area (TPSA) is 109 Å². The fourth-order valence-electron chi connectivity index (χ4n) is 2.67. The van der Waals surface area contributed by atoms with Gasteiger partial charge in [-0.3, -0.25) is 4.79 Å². The summed E-state index contributed by atoms with van der Waals surface area (Å²) in [5.41, 5.74) is 4.07. The van der Waals surface area contributed by atoms with Gasteiger partial charge in [0.2, 0.25) is 0 Å². The monoisotopic (exact) mass is 375 g/mol. The van der Waals surface area contributed by atoms with Gasteiger partial charge in [0.15, 0.2) is 5.82 Å². The fraction of sp³-hybridized carbons (Fsp3) is 0.250. The van der Waals surface area contributed by atoms with Crippen molar-refractivity contribution in [3.8, 4) is 11.9 Å². The van der Waals surface area contributed by atoms with Gasteiger partial charge in [0.1, 0.15) is 5.82 Å². The molecular weight excluding hydrogens is 354 g/mol. The Morgan fingerprint density at radius 2 is 1.96 bits per heavy atom. The van der Waals surface area contributed by atoms with Crippen LogP contribution in [-0.4, -0.2) is 39.0 Å². The summed E-state index contributed by atoms with van der Waals surface area (Å²) in [7, 11) is 0. The predicted molar refractivity (Wildman–Crippen MR) is 105 cm³/mol. The first-order chi connectivity index (χ1) is 13.5. The first-order valence-electron chi connectivity index (χ1n) is 8.88. The molecule has 28 heavy (non-hydrogen) atoms. The van der Waals surface area contributed by atoms with Gasteiger partial charge in [-0.25, -0.2) is 4.68 Å². The Labute approximate surface area is 163 Å². The van der Waals surface area contributed by atoms with Crippen LogP contribution in [0.25, 0.3) is 5.82 Å². The summed E-state index contributed by atoms with van der Waals surface area (Å²) in [6.07, 6.45) is 0. The summed E-state index contributed by atoms with van der Waals surface area (Å²) in [5, 5.41) is 27.7. The van der Waals surface area contributed by atoms with Crippen molar-refractivity contribution in [2.24, 2.45) is 0 Å². The van der Waals surface area contributed by atoms with Crippen molar-refractivity contribution in [1.29, 1.82) is 5.26 Å². The predicted octanol–water partition coefficient (Wildman–Crippen LogP) is 2.30. The van der Waals surface area contributed by atoms with E-state index in [2.05, 4.69) is 25.9 Å². The molecule has 0 spiro atoms. The van der Waals surface area contributed by atoms with Crippen molar-refractivity contribution in [1.82, 2.24) is 25.3 Å². The highest BCUT2D eigenvalue weighted by atomic mass is 16.1. The van der Waals surface area contributed by atoms with Crippen molar-refractivity contribution in [3.05, 3.63) is 64.5 Å². The van der Waals surface area contributed by atoms with E-state index < -0.39 is 0 Å². The number of benzene rings is 1. The lowest BCUT2D eigenvalue weighted by Crippen LogP contribution is -2.29. The highest BCUT2D eigenvalue weighted by molar-refractivity contribution is 5.94. The molecule has 0 radical (unpaired) electrons. The largest absolute Gasteiger partial charge is 0.367 e. The van der Waals surface area contributed by atoms with E-state index in [4.69, 9.17) is 5.26 Å². The molecule has 142 valence electrons. The van der Waals surface area contributed by atoms with Crippen LogP contribution in [0.15, 0.2) is 36.4 Å². The van der Waals surface area contributed by atoms with Gasteiger partial charge in [-0.2, -0.15) is 10.4 Å². The molecule has 3 rings (SSSR count). The average molecular weight is 375 g/mol. The molecular formula is C20H21N7O. The van der Waals surface area contributed by atoms with Crippen LogP contribution in [0.2, 0.25) is 0 Å². The SMILES string of the molecule is Cc1nn(-c2ccc(NCCNC(=O)c3cccc(C#N)c3)nn2)c(C)c1C. The Kier molecular flexibility index (Phi) is 5.65. The lowest BCUT2D eigenvalue weighted by atomic mass is 10.1. The Morgan fingerprint density at radius 3 is 2.61 bits per heavy atom. The lowest BCUT2D eigenvalue weighted by Gasteiger charge is -2.08. The molecule has 1 amide bonds. The Morgan fingerprint density at radius 1 is 1.14 bits per heavy atom. The van der Waals surface area contributed by atoms with Crippen molar-refractivity contribution in [2.45, 2.75) is 20.8 Å². The molecule has 2 aromatic heterocycles. The minimum absolute atomic E-state index is 0.222. The summed E-state index contributed by atoms with van der Waals surface area (Å²) < 4.78 is 1.77. The van der Waals surface area contributed by atoms with Crippen LogP contribution < -0.4 is 10.6 Å². The van der Waals surface area contributed by atoms with Crippen LogP contribution in [0, 0.1) is 32.1 Å². The van der Waals surface area contributed by atoms with Crippen LogP contribution in [0.3, 0.4) is 0 Å². The highest BCUT2D eigenvalue weighted by Gasteiger charge is 2.10. The van der Waals surface area contributed by atoms with E-state index in [1.807, 2.05) is 39.0 Å². The zero-order chi connectivity index (χ0) is 20.1. The molecule has 0 bridgehead atoms. The number of nitrogens with zero attached hydrogens (tertiary/aromatic N) is 5. The second-order valence-corrected chi connectivity index (χ2v) is 6.36.